The number of rotatable bonds is 4. The van der Waals surface area contributed by atoms with Crippen LogP contribution in [0.3, 0.4) is 0 Å². The Kier molecular flexibility index (Phi) is 5.27. The lowest BCUT2D eigenvalue weighted by molar-refractivity contribution is 0.0602. The molecule has 1 unspecified atom stereocenters. The first kappa shape index (κ1) is 14.8. The molecule has 2 rings (SSSR count). The fourth-order valence-corrected chi connectivity index (χ4v) is 2.87. The third-order valence-corrected chi connectivity index (χ3v) is 3.96. The number of hydrogen-bond donors (Lipinski definition) is 2. The third kappa shape index (κ3) is 3.72. The molecule has 19 heavy (non-hydrogen) atoms. The van der Waals surface area contributed by atoms with Crippen molar-refractivity contribution in [3.63, 3.8) is 0 Å². The van der Waals surface area contributed by atoms with Crippen LogP contribution in [0.4, 0.5) is 8.78 Å². The number of hydrazine groups is 1. The summed E-state index contributed by atoms with van der Waals surface area (Å²) in [5, 5.41) is 0. The van der Waals surface area contributed by atoms with Crippen molar-refractivity contribution in [3.05, 3.63) is 33.8 Å². The second-order valence-electron chi connectivity index (χ2n) is 4.79. The van der Waals surface area contributed by atoms with Gasteiger partial charge in [-0.25, -0.2) is 8.78 Å². The molecule has 1 aliphatic rings. The van der Waals surface area contributed by atoms with Crippen LogP contribution in [-0.4, -0.2) is 13.2 Å². The van der Waals surface area contributed by atoms with Gasteiger partial charge in [0, 0.05) is 23.2 Å². The Morgan fingerprint density at radius 3 is 2.42 bits per heavy atom. The molecule has 0 radical (unpaired) electrons. The van der Waals surface area contributed by atoms with E-state index in [1.54, 1.807) is 0 Å². The van der Waals surface area contributed by atoms with Gasteiger partial charge in [0.05, 0.1) is 6.04 Å². The minimum absolute atomic E-state index is 0.0113. The Bertz CT molecular complexity index is 416. The molecule has 0 bridgehead atoms. The predicted octanol–water partition coefficient (Wildman–Crippen LogP) is 3.05. The van der Waals surface area contributed by atoms with Crippen molar-refractivity contribution in [1.29, 1.82) is 0 Å². The molecular formula is C13H17BrF2N2O. The second-order valence-corrected chi connectivity index (χ2v) is 5.71. The van der Waals surface area contributed by atoms with Crippen LogP contribution in [-0.2, 0) is 4.74 Å². The van der Waals surface area contributed by atoms with E-state index >= 15 is 0 Å². The molecule has 106 valence electrons. The second kappa shape index (κ2) is 6.74. The smallest absolute Gasteiger partial charge is 0.132 e. The van der Waals surface area contributed by atoms with Crippen LogP contribution in [0.25, 0.3) is 0 Å². The van der Waals surface area contributed by atoms with Crippen LogP contribution >= 0.6 is 15.9 Å². The first-order valence-corrected chi connectivity index (χ1v) is 7.09. The topological polar surface area (TPSA) is 47.3 Å². The van der Waals surface area contributed by atoms with Gasteiger partial charge in [-0.05, 0) is 37.3 Å². The van der Waals surface area contributed by atoms with Crippen molar-refractivity contribution < 1.29 is 13.5 Å². The number of benzene rings is 1. The van der Waals surface area contributed by atoms with Crippen LogP contribution in [0.15, 0.2) is 16.6 Å². The van der Waals surface area contributed by atoms with Crippen molar-refractivity contribution in [2.24, 2.45) is 11.8 Å². The Balaban J connectivity index is 2.16. The number of ether oxygens (including phenoxy) is 1. The van der Waals surface area contributed by atoms with Gasteiger partial charge in [0.1, 0.15) is 11.6 Å². The molecule has 0 spiro atoms. The molecule has 0 aliphatic carbocycles. The van der Waals surface area contributed by atoms with Crippen LogP contribution in [0.1, 0.15) is 30.9 Å². The van der Waals surface area contributed by atoms with Crippen molar-refractivity contribution >= 4 is 15.9 Å². The number of halogens is 3. The summed E-state index contributed by atoms with van der Waals surface area (Å²) >= 11 is 3.07. The Hall–Kier alpha value is -0.560. The maximum absolute atomic E-state index is 13.9. The lowest BCUT2D eigenvalue weighted by Crippen LogP contribution is -2.32. The zero-order chi connectivity index (χ0) is 13.8. The number of nitrogens with one attached hydrogen (secondary N) is 1. The molecule has 1 aromatic carbocycles. The quantitative estimate of drug-likeness (QED) is 0.657. The third-order valence-electron chi connectivity index (χ3n) is 3.50. The molecule has 0 saturated carbocycles. The SMILES string of the molecule is NNC(CC1CCOCC1)c1c(F)cc(Br)cc1F. The molecule has 1 aromatic rings. The van der Waals surface area contributed by atoms with E-state index in [1.165, 1.54) is 12.1 Å². The van der Waals surface area contributed by atoms with Crippen molar-refractivity contribution in [2.45, 2.75) is 25.3 Å². The molecule has 1 saturated heterocycles. The lowest BCUT2D eigenvalue weighted by Gasteiger charge is -2.27. The fraction of sp³-hybridized carbons (Fsp3) is 0.538. The van der Waals surface area contributed by atoms with Gasteiger partial charge in [-0.1, -0.05) is 15.9 Å². The maximum atomic E-state index is 13.9. The van der Waals surface area contributed by atoms with Gasteiger partial charge < -0.3 is 4.74 Å². The molecular weight excluding hydrogens is 318 g/mol. The van der Waals surface area contributed by atoms with Crippen molar-refractivity contribution in [1.82, 2.24) is 5.43 Å². The summed E-state index contributed by atoms with van der Waals surface area (Å²) in [5.41, 5.74) is 2.54. The van der Waals surface area contributed by atoms with Crippen LogP contribution in [0, 0.1) is 17.6 Å². The molecule has 0 amide bonds. The van der Waals surface area contributed by atoms with E-state index in [9.17, 15) is 8.78 Å². The minimum atomic E-state index is -0.582. The molecule has 1 aliphatic heterocycles. The van der Waals surface area contributed by atoms with E-state index < -0.39 is 17.7 Å². The lowest BCUT2D eigenvalue weighted by atomic mass is 9.89. The monoisotopic (exact) mass is 334 g/mol. The van der Waals surface area contributed by atoms with Gasteiger partial charge in [-0.2, -0.15) is 0 Å². The highest BCUT2D eigenvalue weighted by Gasteiger charge is 2.24. The van der Waals surface area contributed by atoms with E-state index in [1.807, 2.05) is 0 Å². The predicted molar refractivity (Wildman–Crippen MR) is 72.3 cm³/mol. The molecule has 1 atom stereocenters. The van der Waals surface area contributed by atoms with Gasteiger partial charge in [-0.15, -0.1) is 0 Å². The average molecular weight is 335 g/mol. The summed E-state index contributed by atoms with van der Waals surface area (Å²) in [4.78, 5) is 0. The van der Waals surface area contributed by atoms with Gasteiger partial charge in [0.2, 0.25) is 0 Å². The van der Waals surface area contributed by atoms with E-state index in [-0.39, 0.29) is 5.56 Å². The first-order valence-electron chi connectivity index (χ1n) is 6.30. The Labute approximate surface area is 119 Å². The van der Waals surface area contributed by atoms with Gasteiger partial charge in [0.15, 0.2) is 0 Å². The van der Waals surface area contributed by atoms with E-state index in [0.717, 1.165) is 12.8 Å². The summed E-state index contributed by atoms with van der Waals surface area (Å²) in [6.07, 6.45) is 2.41. The Morgan fingerprint density at radius 1 is 1.32 bits per heavy atom. The van der Waals surface area contributed by atoms with Crippen LogP contribution in [0.5, 0.6) is 0 Å². The zero-order valence-corrected chi connectivity index (χ0v) is 12.1. The van der Waals surface area contributed by atoms with Crippen LogP contribution < -0.4 is 11.3 Å². The van der Waals surface area contributed by atoms with E-state index in [4.69, 9.17) is 10.6 Å². The zero-order valence-electron chi connectivity index (χ0n) is 10.5. The summed E-state index contributed by atoms with van der Waals surface area (Å²) in [5.74, 6) is 4.68. The molecule has 1 fully saturated rings. The van der Waals surface area contributed by atoms with Gasteiger partial charge in [0.25, 0.3) is 0 Å². The number of nitrogens with two attached hydrogens (primary N) is 1. The minimum Gasteiger partial charge on any atom is -0.381 e. The first-order chi connectivity index (χ1) is 9.11. The van der Waals surface area contributed by atoms with Crippen molar-refractivity contribution in [2.75, 3.05) is 13.2 Å². The van der Waals surface area contributed by atoms with Gasteiger partial charge in [-0.3, -0.25) is 11.3 Å². The fourth-order valence-electron chi connectivity index (χ4n) is 2.47. The van der Waals surface area contributed by atoms with E-state index in [0.29, 0.717) is 30.0 Å². The molecule has 3 nitrogen and oxygen atoms in total. The molecule has 0 aromatic heterocycles. The highest BCUT2D eigenvalue weighted by Crippen LogP contribution is 2.31. The maximum Gasteiger partial charge on any atom is 0.132 e. The standard InChI is InChI=1S/C13H17BrF2N2O/c14-9-6-10(15)13(11(16)7-9)12(18-17)5-8-1-3-19-4-2-8/h6-8,12,18H,1-5,17H2. The summed E-state index contributed by atoms with van der Waals surface area (Å²) in [6.45, 7) is 1.40. The summed E-state index contributed by atoms with van der Waals surface area (Å²) < 4.78 is 33.5. The average Bonchev–Trinajstić information content (AvgIpc) is 2.37. The molecule has 1 heterocycles. The van der Waals surface area contributed by atoms with Crippen molar-refractivity contribution in [3.8, 4) is 0 Å². The largest absolute Gasteiger partial charge is 0.381 e. The molecule has 6 heteroatoms. The normalized spacial score (nSPS) is 18.5. The van der Waals surface area contributed by atoms with Gasteiger partial charge >= 0.3 is 0 Å². The molecule has 3 N–H and O–H groups in total. The van der Waals surface area contributed by atoms with E-state index in [2.05, 4.69) is 21.4 Å². The highest BCUT2D eigenvalue weighted by atomic mass is 79.9. The highest BCUT2D eigenvalue weighted by molar-refractivity contribution is 9.10. The summed E-state index contributed by atoms with van der Waals surface area (Å²) in [6, 6.07) is 2.00. The summed E-state index contributed by atoms with van der Waals surface area (Å²) in [7, 11) is 0. The Morgan fingerprint density at radius 2 is 1.89 bits per heavy atom. The number of hydrogen-bond acceptors (Lipinski definition) is 3. The van der Waals surface area contributed by atoms with Crippen LogP contribution in [0.2, 0.25) is 0 Å².